The third-order valence-corrected chi connectivity index (χ3v) is 3.39. The van der Waals surface area contributed by atoms with Gasteiger partial charge in [0.15, 0.2) is 0 Å². The number of hydrogen-bond donors (Lipinski definition) is 2. The first-order chi connectivity index (χ1) is 9.38. The molecule has 1 saturated carbocycles. The first-order valence-electron chi connectivity index (χ1n) is 6.88. The molecule has 0 spiro atoms. The monoisotopic (exact) mass is 300 g/mol. The van der Waals surface area contributed by atoms with Crippen molar-refractivity contribution >= 4 is 29.0 Å². The molecule has 114 valence electrons. The Kier molecular flexibility index (Phi) is 6.87. The highest BCUT2D eigenvalue weighted by molar-refractivity contribution is 7.80. The molecule has 0 atom stereocenters. The summed E-state index contributed by atoms with van der Waals surface area (Å²) in [5.41, 5.74) is 5.40. The molecule has 1 aliphatic carbocycles. The van der Waals surface area contributed by atoms with Gasteiger partial charge in [-0.05, 0) is 19.9 Å². The third-order valence-electron chi connectivity index (χ3n) is 3.18. The summed E-state index contributed by atoms with van der Waals surface area (Å²) >= 11 is 4.78. The van der Waals surface area contributed by atoms with Crippen molar-refractivity contribution in [3.8, 4) is 0 Å². The van der Waals surface area contributed by atoms with Crippen LogP contribution in [0.2, 0.25) is 0 Å². The number of likely N-dealkylation sites (N-methyl/N-ethyl adjacent to an activating group) is 1. The van der Waals surface area contributed by atoms with Crippen LogP contribution in [0.1, 0.15) is 25.7 Å². The molecule has 0 aromatic rings. The Hall–Kier alpha value is -1.21. The summed E-state index contributed by atoms with van der Waals surface area (Å²) in [6.45, 7) is 1.44. The number of nitrogens with zero attached hydrogens (tertiary/aromatic N) is 2. The standard InChI is InChI=1S/C13H24N4O2S/c1-16(9-12(18)15-10-3-4-10)7-6-13(19)17(2)8-5-11(14)20/h10H,3-9H2,1-2H3,(H2,14,20)(H,15,18). The summed E-state index contributed by atoms with van der Waals surface area (Å²) in [6, 6.07) is 0.378. The third kappa shape index (κ3) is 7.40. The van der Waals surface area contributed by atoms with Gasteiger partial charge in [-0.25, -0.2) is 0 Å². The van der Waals surface area contributed by atoms with Crippen LogP contribution in [0.5, 0.6) is 0 Å². The molecule has 0 aromatic carbocycles. The first kappa shape index (κ1) is 16.8. The summed E-state index contributed by atoms with van der Waals surface area (Å²) in [5.74, 6) is 0.0694. The Morgan fingerprint density at radius 1 is 1.25 bits per heavy atom. The predicted molar refractivity (Wildman–Crippen MR) is 82.3 cm³/mol. The average Bonchev–Trinajstić information content (AvgIpc) is 3.16. The summed E-state index contributed by atoms with van der Waals surface area (Å²) in [6.07, 6.45) is 3.10. The molecular weight excluding hydrogens is 276 g/mol. The van der Waals surface area contributed by atoms with E-state index in [9.17, 15) is 9.59 Å². The highest BCUT2D eigenvalue weighted by Crippen LogP contribution is 2.18. The zero-order valence-electron chi connectivity index (χ0n) is 12.2. The van der Waals surface area contributed by atoms with Crippen molar-refractivity contribution in [2.75, 3.05) is 33.7 Å². The van der Waals surface area contributed by atoms with Gasteiger partial charge in [0.25, 0.3) is 0 Å². The normalized spacial score (nSPS) is 14.2. The van der Waals surface area contributed by atoms with Crippen LogP contribution >= 0.6 is 12.2 Å². The van der Waals surface area contributed by atoms with Crippen molar-refractivity contribution in [1.29, 1.82) is 0 Å². The smallest absolute Gasteiger partial charge is 0.234 e. The lowest BCUT2D eigenvalue weighted by Crippen LogP contribution is -2.38. The van der Waals surface area contributed by atoms with Gasteiger partial charge in [0.2, 0.25) is 11.8 Å². The number of rotatable bonds is 9. The minimum Gasteiger partial charge on any atom is -0.393 e. The van der Waals surface area contributed by atoms with Crippen LogP contribution < -0.4 is 11.1 Å². The molecule has 0 bridgehead atoms. The van der Waals surface area contributed by atoms with E-state index in [-0.39, 0.29) is 11.8 Å². The molecule has 7 heteroatoms. The lowest BCUT2D eigenvalue weighted by molar-refractivity contribution is -0.130. The van der Waals surface area contributed by atoms with Crippen molar-refractivity contribution in [1.82, 2.24) is 15.1 Å². The largest absolute Gasteiger partial charge is 0.393 e. The molecular formula is C13H24N4O2S. The van der Waals surface area contributed by atoms with Crippen LogP contribution in [0.3, 0.4) is 0 Å². The van der Waals surface area contributed by atoms with Gasteiger partial charge in [-0.15, -0.1) is 0 Å². The molecule has 2 amide bonds. The molecule has 3 N–H and O–H groups in total. The van der Waals surface area contributed by atoms with Crippen LogP contribution in [0, 0.1) is 0 Å². The Morgan fingerprint density at radius 3 is 2.45 bits per heavy atom. The van der Waals surface area contributed by atoms with Gasteiger partial charge in [-0.1, -0.05) is 12.2 Å². The van der Waals surface area contributed by atoms with Gasteiger partial charge < -0.3 is 16.0 Å². The van der Waals surface area contributed by atoms with Crippen LogP contribution in [0.15, 0.2) is 0 Å². The second-order valence-electron chi connectivity index (χ2n) is 5.36. The van der Waals surface area contributed by atoms with Gasteiger partial charge in [-0.3, -0.25) is 14.5 Å². The van der Waals surface area contributed by atoms with E-state index in [1.807, 2.05) is 11.9 Å². The highest BCUT2D eigenvalue weighted by atomic mass is 32.1. The molecule has 6 nitrogen and oxygen atoms in total. The minimum atomic E-state index is 0.0317. The van der Waals surface area contributed by atoms with Crippen molar-refractivity contribution in [2.24, 2.45) is 5.73 Å². The van der Waals surface area contributed by atoms with Crippen LogP contribution in [0.4, 0.5) is 0 Å². The highest BCUT2D eigenvalue weighted by Gasteiger charge is 2.23. The Morgan fingerprint density at radius 2 is 1.90 bits per heavy atom. The number of thiocarbonyl (C=S) groups is 1. The van der Waals surface area contributed by atoms with E-state index in [0.717, 1.165) is 12.8 Å². The maximum atomic E-state index is 11.8. The zero-order chi connectivity index (χ0) is 15.1. The lowest BCUT2D eigenvalue weighted by Gasteiger charge is -2.20. The zero-order valence-corrected chi connectivity index (χ0v) is 13.0. The number of amides is 2. The summed E-state index contributed by atoms with van der Waals surface area (Å²) < 4.78 is 0. The molecule has 0 heterocycles. The Bertz CT molecular complexity index is 371. The van der Waals surface area contributed by atoms with Gasteiger partial charge in [0, 0.05) is 39.0 Å². The van der Waals surface area contributed by atoms with E-state index in [1.54, 1.807) is 11.9 Å². The molecule has 0 saturated heterocycles. The second kappa shape index (κ2) is 8.16. The van der Waals surface area contributed by atoms with E-state index in [2.05, 4.69) is 5.32 Å². The number of carbonyl (C=O) groups excluding carboxylic acids is 2. The van der Waals surface area contributed by atoms with Crippen LogP contribution in [-0.4, -0.2) is 66.4 Å². The van der Waals surface area contributed by atoms with E-state index >= 15 is 0 Å². The molecule has 1 fully saturated rings. The fourth-order valence-corrected chi connectivity index (χ4v) is 1.80. The molecule has 0 radical (unpaired) electrons. The fraction of sp³-hybridized carbons (Fsp3) is 0.769. The second-order valence-corrected chi connectivity index (χ2v) is 5.89. The van der Waals surface area contributed by atoms with Gasteiger partial charge >= 0.3 is 0 Å². The van der Waals surface area contributed by atoms with Crippen LogP contribution in [0.25, 0.3) is 0 Å². The molecule has 1 aliphatic rings. The van der Waals surface area contributed by atoms with Crippen molar-refractivity contribution in [2.45, 2.75) is 31.7 Å². The fourth-order valence-electron chi connectivity index (χ4n) is 1.71. The van der Waals surface area contributed by atoms with Gasteiger partial charge in [0.1, 0.15) is 0 Å². The maximum absolute atomic E-state index is 11.8. The SMILES string of the molecule is CN(CCC(=O)N(C)CCC(N)=S)CC(=O)NC1CC1. The van der Waals surface area contributed by atoms with E-state index in [4.69, 9.17) is 18.0 Å². The molecule has 0 aromatic heterocycles. The van der Waals surface area contributed by atoms with Gasteiger partial charge in [-0.2, -0.15) is 0 Å². The van der Waals surface area contributed by atoms with Crippen molar-refractivity contribution < 1.29 is 9.59 Å². The van der Waals surface area contributed by atoms with Gasteiger partial charge in [0.05, 0.1) is 11.5 Å². The topological polar surface area (TPSA) is 78.7 Å². The van der Waals surface area contributed by atoms with E-state index < -0.39 is 0 Å². The molecule has 0 unspecified atom stereocenters. The quantitative estimate of drug-likeness (QED) is 0.573. The first-order valence-corrected chi connectivity index (χ1v) is 7.29. The molecule has 1 rings (SSSR count). The minimum absolute atomic E-state index is 0.0317. The number of hydrogen-bond acceptors (Lipinski definition) is 4. The summed E-state index contributed by atoms with van der Waals surface area (Å²) in [5, 5.41) is 2.92. The van der Waals surface area contributed by atoms with E-state index in [0.29, 0.717) is 43.5 Å². The maximum Gasteiger partial charge on any atom is 0.234 e. The van der Waals surface area contributed by atoms with Crippen LogP contribution in [-0.2, 0) is 9.59 Å². The summed E-state index contributed by atoms with van der Waals surface area (Å²) in [4.78, 5) is 27.3. The van der Waals surface area contributed by atoms with Crippen molar-refractivity contribution in [3.63, 3.8) is 0 Å². The average molecular weight is 300 g/mol. The Labute approximate surface area is 125 Å². The lowest BCUT2D eigenvalue weighted by atomic mass is 10.3. The molecule has 0 aliphatic heterocycles. The predicted octanol–water partition coefficient (Wildman–Crippen LogP) is -0.278. The number of nitrogens with one attached hydrogen (secondary N) is 1. The molecule has 20 heavy (non-hydrogen) atoms. The Balaban J connectivity index is 2.14. The van der Waals surface area contributed by atoms with E-state index in [1.165, 1.54) is 0 Å². The van der Waals surface area contributed by atoms with Crippen molar-refractivity contribution in [3.05, 3.63) is 0 Å². The number of nitrogens with two attached hydrogens (primary N) is 1. The summed E-state index contributed by atoms with van der Waals surface area (Å²) in [7, 11) is 3.58. The number of carbonyl (C=O) groups is 2.